The molecule has 0 aromatic heterocycles. The molecule has 0 saturated heterocycles. The van der Waals surface area contributed by atoms with Gasteiger partial charge in [0.15, 0.2) is 0 Å². The van der Waals surface area contributed by atoms with Crippen LogP contribution >= 0.6 is 0 Å². The van der Waals surface area contributed by atoms with Crippen molar-refractivity contribution in [3.63, 3.8) is 0 Å². The van der Waals surface area contributed by atoms with Gasteiger partial charge in [0.1, 0.15) is 0 Å². The highest BCUT2D eigenvalue weighted by Crippen LogP contribution is 2.31. The second-order valence-corrected chi connectivity index (χ2v) is 8.66. The van der Waals surface area contributed by atoms with Crippen LogP contribution in [0, 0.1) is 19.8 Å². The van der Waals surface area contributed by atoms with Gasteiger partial charge in [0.05, 0.1) is 6.61 Å². The van der Waals surface area contributed by atoms with E-state index in [4.69, 9.17) is 14.5 Å². The first-order valence-electron chi connectivity index (χ1n) is 12.5. The summed E-state index contributed by atoms with van der Waals surface area (Å²) in [6, 6.07) is 6.58. The molecule has 3 heteroatoms. The lowest BCUT2D eigenvalue weighted by Gasteiger charge is -2.22. The Balaban J connectivity index is 2.64. The molecule has 0 aliphatic heterocycles. The van der Waals surface area contributed by atoms with E-state index in [9.17, 15) is 0 Å². The quantitative estimate of drug-likeness (QED) is 0.187. The lowest BCUT2D eigenvalue weighted by atomic mass is 9.89. The maximum Gasteiger partial charge on any atom is 0.0590 e. The van der Waals surface area contributed by atoms with Crippen molar-refractivity contribution in [1.82, 2.24) is 0 Å². The summed E-state index contributed by atoms with van der Waals surface area (Å²) in [5, 5.41) is 0. The summed E-state index contributed by atoms with van der Waals surface area (Å²) in [6.07, 6.45) is 12.4. The lowest BCUT2D eigenvalue weighted by molar-refractivity contribution is 0.116. The molecule has 2 atom stereocenters. The first kappa shape index (κ1) is 27.6. The Bertz CT molecular complexity index is 650. The maximum absolute atomic E-state index is 6.20. The van der Waals surface area contributed by atoms with Gasteiger partial charge >= 0.3 is 0 Å². The summed E-state index contributed by atoms with van der Waals surface area (Å²) in [4.78, 5) is 4.77. The second kappa shape index (κ2) is 17.1. The van der Waals surface area contributed by atoms with E-state index in [2.05, 4.69) is 58.9 Å². The number of ether oxygens (including phenoxy) is 2. The molecule has 3 nitrogen and oxygen atoms in total. The summed E-state index contributed by atoms with van der Waals surface area (Å²) in [5.41, 5.74) is 5.15. The molecule has 0 radical (unpaired) electrons. The molecular weight excluding hydrogens is 382 g/mol. The van der Waals surface area contributed by atoms with E-state index >= 15 is 0 Å². The Labute approximate surface area is 192 Å². The number of hydrogen-bond donors (Lipinski definition) is 0. The van der Waals surface area contributed by atoms with Crippen molar-refractivity contribution in [2.45, 2.75) is 92.4 Å². The topological polar surface area (TPSA) is 30.8 Å². The summed E-state index contributed by atoms with van der Waals surface area (Å²) >= 11 is 0. The summed E-state index contributed by atoms with van der Waals surface area (Å²) in [7, 11) is 0. The third-order valence-corrected chi connectivity index (χ3v) is 6.01. The van der Waals surface area contributed by atoms with E-state index in [1.54, 1.807) is 0 Å². The number of aliphatic imine (C=N–C) groups is 1. The van der Waals surface area contributed by atoms with Gasteiger partial charge in [-0.15, -0.1) is 0 Å². The minimum absolute atomic E-state index is 0.178. The van der Waals surface area contributed by atoms with Crippen molar-refractivity contribution in [3.8, 4) is 0 Å². The van der Waals surface area contributed by atoms with Crippen molar-refractivity contribution in [2.75, 3.05) is 26.4 Å². The number of allylic oxidation sites excluding steroid dienone is 1. The van der Waals surface area contributed by atoms with E-state index < -0.39 is 0 Å². The normalized spacial score (nSPS) is 14.3. The summed E-state index contributed by atoms with van der Waals surface area (Å²) < 4.78 is 11.8. The van der Waals surface area contributed by atoms with Crippen LogP contribution in [-0.2, 0) is 9.47 Å². The van der Waals surface area contributed by atoms with E-state index in [-0.39, 0.29) is 5.92 Å². The average Bonchev–Trinajstić information content (AvgIpc) is 2.76. The van der Waals surface area contributed by atoms with Crippen molar-refractivity contribution in [3.05, 3.63) is 46.7 Å². The molecule has 0 saturated carbocycles. The van der Waals surface area contributed by atoms with Crippen molar-refractivity contribution < 1.29 is 9.47 Å². The zero-order chi connectivity index (χ0) is 22.9. The fraction of sp³-hybridized carbons (Fsp3) is 0.679. The maximum atomic E-state index is 6.20. The fourth-order valence-electron chi connectivity index (χ4n) is 3.60. The van der Waals surface area contributed by atoms with Crippen LogP contribution < -0.4 is 0 Å². The Morgan fingerprint density at radius 1 is 0.968 bits per heavy atom. The molecule has 2 unspecified atom stereocenters. The molecule has 0 amide bonds. The van der Waals surface area contributed by atoms with Crippen LogP contribution in [0.25, 0.3) is 0 Å². The van der Waals surface area contributed by atoms with Gasteiger partial charge in [-0.3, -0.25) is 4.99 Å². The Morgan fingerprint density at radius 3 is 2.29 bits per heavy atom. The Hall–Kier alpha value is -1.45. The van der Waals surface area contributed by atoms with Gasteiger partial charge in [0.25, 0.3) is 0 Å². The number of unbranched alkanes of at least 4 members (excludes halogenated alkanes) is 4. The van der Waals surface area contributed by atoms with E-state index in [0.717, 1.165) is 44.8 Å². The third-order valence-electron chi connectivity index (χ3n) is 6.01. The molecule has 0 aliphatic carbocycles. The molecule has 0 fully saturated rings. The van der Waals surface area contributed by atoms with Crippen LogP contribution in [0.1, 0.15) is 95.2 Å². The number of nitrogens with zero attached hydrogens (tertiary/aromatic N) is 1. The molecule has 31 heavy (non-hydrogen) atoms. The SMILES string of the molecule is CC=N/C(=C\C(C)CC)C(COCCCCCCOCCCC)c1cccc(C)c1C. The van der Waals surface area contributed by atoms with Crippen LogP contribution in [0.4, 0.5) is 0 Å². The van der Waals surface area contributed by atoms with Gasteiger partial charge in [-0.25, -0.2) is 0 Å². The molecule has 1 aromatic rings. The van der Waals surface area contributed by atoms with Crippen molar-refractivity contribution >= 4 is 6.21 Å². The van der Waals surface area contributed by atoms with Gasteiger partial charge in [0, 0.05) is 37.7 Å². The molecule has 0 spiro atoms. The predicted octanol–water partition coefficient (Wildman–Crippen LogP) is 7.80. The van der Waals surface area contributed by atoms with Gasteiger partial charge in [-0.2, -0.15) is 0 Å². The van der Waals surface area contributed by atoms with Crippen LogP contribution in [0.2, 0.25) is 0 Å². The predicted molar refractivity (Wildman–Crippen MR) is 135 cm³/mol. The average molecular weight is 430 g/mol. The molecule has 176 valence electrons. The summed E-state index contributed by atoms with van der Waals surface area (Å²) in [5.74, 6) is 0.683. The number of aryl methyl sites for hydroxylation is 1. The van der Waals surface area contributed by atoms with Crippen LogP contribution in [-0.4, -0.2) is 32.6 Å². The van der Waals surface area contributed by atoms with E-state index in [0.29, 0.717) is 12.5 Å². The molecule has 1 rings (SSSR count). The van der Waals surface area contributed by atoms with Crippen molar-refractivity contribution in [2.24, 2.45) is 10.9 Å². The standard InChI is InChI=1S/C28H47NO2/c1-7-10-18-30-19-13-11-12-14-20-31-22-27(26-17-15-16-24(5)25(26)6)28(29-9-3)21-23(4)8-2/h9,15-17,21,23,27H,7-8,10-14,18-20,22H2,1-6H3/b28-21-,29-9?. The first-order valence-corrected chi connectivity index (χ1v) is 12.5. The fourth-order valence-corrected chi connectivity index (χ4v) is 3.60. The smallest absolute Gasteiger partial charge is 0.0590 e. The first-order chi connectivity index (χ1) is 15.0. The monoisotopic (exact) mass is 429 g/mol. The Morgan fingerprint density at radius 2 is 1.65 bits per heavy atom. The van der Waals surface area contributed by atoms with Crippen LogP contribution in [0.3, 0.4) is 0 Å². The minimum atomic E-state index is 0.178. The second-order valence-electron chi connectivity index (χ2n) is 8.66. The van der Waals surface area contributed by atoms with Crippen LogP contribution in [0.15, 0.2) is 35.0 Å². The Kier molecular flexibility index (Phi) is 15.3. The number of rotatable bonds is 17. The minimum Gasteiger partial charge on any atom is -0.381 e. The molecule has 0 N–H and O–H groups in total. The zero-order valence-corrected chi connectivity index (χ0v) is 21.1. The van der Waals surface area contributed by atoms with E-state index in [1.807, 2.05) is 13.1 Å². The zero-order valence-electron chi connectivity index (χ0n) is 21.1. The van der Waals surface area contributed by atoms with Crippen LogP contribution in [0.5, 0.6) is 0 Å². The number of hydrogen-bond acceptors (Lipinski definition) is 3. The van der Waals surface area contributed by atoms with Gasteiger partial charge < -0.3 is 9.47 Å². The molecule has 1 aromatic carbocycles. The van der Waals surface area contributed by atoms with E-state index in [1.165, 1.54) is 42.4 Å². The summed E-state index contributed by atoms with van der Waals surface area (Å²) in [6.45, 7) is 16.4. The van der Waals surface area contributed by atoms with Gasteiger partial charge in [-0.05, 0) is 62.6 Å². The third kappa shape index (κ3) is 11.1. The molecule has 0 heterocycles. The molecule has 0 aliphatic rings. The highest BCUT2D eigenvalue weighted by molar-refractivity contribution is 5.56. The molecular formula is C28H47NO2. The number of benzene rings is 1. The highest BCUT2D eigenvalue weighted by Gasteiger charge is 2.20. The van der Waals surface area contributed by atoms with Gasteiger partial charge in [0.2, 0.25) is 0 Å². The lowest BCUT2D eigenvalue weighted by Crippen LogP contribution is -2.14. The largest absolute Gasteiger partial charge is 0.381 e. The van der Waals surface area contributed by atoms with Crippen molar-refractivity contribution in [1.29, 1.82) is 0 Å². The highest BCUT2D eigenvalue weighted by atomic mass is 16.5. The van der Waals surface area contributed by atoms with Gasteiger partial charge in [-0.1, -0.05) is 70.7 Å². The molecule has 0 bridgehead atoms.